The van der Waals surface area contributed by atoms with E-state index in [0.717, 1.165) is 19.4 Å². The fraction of sp³-hybridized carbons (Fsp3) is 0.600. The molecule has 0 radical (unpaired) electrons. The minimum atomic E-state index is -3.80. The molecule has 138 valence electrons. The van der Waals surface area contributed by atoms with Gasteiger partial charge in [0.1, 0.15) is 17.2 Å². The highest BCUT2D eigenvalue weighted by Crippen LogP contribution is 2.37. The summed E-state index contributed by atoms with van der Waals surface area (Å²) in [5.41, 5.74) is 0. The highest BCUT2D eigenvalue weighted by Gasteiger charge is 2.31. The van der Waals surface area contributed by atoms with E-state index in [4.69, 9.17) is 14.2 Å². The van der Waals surface area contributed by atoms with Crippen LogP contribution in [-0.4, -0.2) is 48.4 Å². The molecule has 1 saturated heterocycles. The van der Waals surface area contributed by atoms with Crippen LogP contribution in [0.4, 0.5) is 0 Å². The molecule has 7 nitrogen and oxygen atoms in total. The number of ether oxygens (including phenoxy) is 3. The molecular weight excluding hydrogens is 356 g/mol. The van der Waals surface area contributed by atoms with Gasteiger partial charge in [-0.3, -0.25) is 0 Å². The zero-order valence-electron chi connectivity index (χ0n) is 14.3. The van der Waals surface area contributed by atoms with Crippen molar-refractivity contribution in [2.24, 2.45) is 0 Å². The molecule has 0 saturated carbocycles. The number of benzene rings is 1. The number of hydrogen-bond acceptors (Lipinski definition) is 6. The van der Waals surface area contributed by atoms with Crippen LogP contribution >= 0.6 is 12.4 Å². The van der Waals surface area contributed by atoms with Gasteiger partial charge < -0.3 is 19.5 Å². The molecule has 2 unspecified atom stereocenters. The number of methoxy groups -OCH3 is 3. The summed E-state index contributed by atoms with van der Waals surface area (Å²) in [4.78, 5) is -0.0129. The zero-order chi connectivity index (χ0) is 17.0. The summed E-state index contributed by atoms with van der Waals surface area (Å²) in [5.74, 6) is 0.834. The van der Waals surface area contributed by atoms with Crippen molar-refractivity contribution in [3.8, 4) is 17.2 Å². The Morgan fingerprint density at radius 2 is 1.71 bits per heavy atom. The molecule has 0 aliphatic carbocycles. The molecule has 2 rings (SSSR count). The molecule has 1 fully saturated rings. The van der Waals surface area contributed by atoms with Crippen molar-refractivity contribution in [1.82, 2.24) is 10.0 Å². The van der Waals surface area contributed by atoms with Gasteiger partial charge in [-0.15, -0.1) is 12.4 Å². The summed E-state index contributed by atoms with van der Waals surface area (Å²) in [6, 6.07) is 2.94. The number of nitrogens with one attached hydrogen (secondary N) is 2. The van der Waals surface area contributed by atoms with Crippen LogP contribution in [0.5, 0.6) is 17.2 Å². The lowest BCUT2D eigenvalue weighted by Gasteiger charge is -2.30. The third kappa shape index (κ3) is 4.44. The minimum absolute atomic E-state index is 0. The molecule has 1 aliphatic rings. The van der Waals surface area contributed by atoms with E-state index in [9.17, 15) is 8.42 Å². The van der Waals surface area contributed by atoms with E-state index >= 15 is 0 Å². The number of rotatable bonds is 6. The SMILES string of the molecule is COc1cc(OC)c(S(=O)(=O)NC2CCCNC2C)c(OC)c1.Cl. The summed E-state index contributed by atoms with van der Waals surface area (Å²) < 4.78 is 44.1. The Labute approximate surface area is 149 Å². The van der Waals surface area contributed by atoms with E-state index in [-0.39, 0.29) is 40.9 Å². The van der Waals surface area contributed by atoms with E-state index in [2.05, 4.69) is 10.0 Å². The number of hydrogen-bond donors (Lipinski definition) is 2. The molecule has 1 aliphatic heterocycles. The second-order valence-electron chi connectivity index (χ2n) is 5.47. The second-order valence-corrected chi connectivity index (χ2v) is 7.12. The molecule has 24 heavy (non-hydrogen) atoms. The van der Waals surface area contributed by atoms with Crippen molar-refractivity contribution >= 4 is 22.4 Å². The first-order valence-electron chi connectivity index (χ1n) is 7.48. The third-order valence-corrected chi connectivity index (χ3v) is 5.56. The molecular formula is C15H25ClN2O5S. The van der Waals surface area contributed by atoms with Crippen LogP contribution in [0.25, 0.3) is 0 Å². The summed E-state index contributed by atoms with van der Waals surface area (Å²) in [5, 5.41) is 3.27. The predicted octanol–water partition coefficient (Wildman–Crippen LogP) is 1.55. The maximum absolute atomic E-state index is 12.9. The van der Waals surface area contributed by atoms with Crippen LogP contribution in [0, 0.1) is 0 Å². The average Bonchev–Trinajstić information content (AvgIpc) is 2.55. The normalized spacial score (nSPS) is 20.8. The summed E-state index contributed by atoms with van der Waals surface area (Å²) in [6.45, 7) is 2.86. The number of piperidine rings is 1. The lowest BCUT2D eigenvalue weighted by Crippen LogP contribution is -2.51. The largest absolute Gasteiger partial charge is 0.496 e. The minimum Gasteiger partial charge on any atom is -0.496 e. The van der Waals surface area contributed by atoms with Crippen LogP contribution in [0.2, 0.25) is 0 Å². The Balaban J connectivity index is 0.00000288. The van der Waals surface area contributed by atoms with Crippen LogP contribution in [-0.2, 0) is 10.0 Å². The van der Waals surface area contributed by atoms with Gasteiger partial charge in [0, 0.05) is 24.2 Å². The van der Waals surface area contributed by atoms with E-state index in [1.54, 1.807) is 0 Å². The van der Waals surface area contributed by atoms with Gasteiger partial charge in [-0.25, -0.2) is 13.1 Å². The quantitative estimate of drug-likeness (QED) is 0.778. The first-order chi connectivity index (χ1) is 10.9. The van der Waals surface area contributed by atoms with Crippen LogP contribution in [0.15, 0.2) is 17.0 Å². The third-order valence-electron chi connectivity index (χ3n) is 4.01. The van der Waals surface area contributed by atoms with Gasteiger partial charge in [0.25, 0.3) is 0 Å². The van der Waals surface area contributed by atoms with Gasteiger partial charge in [0.15, 0.2) is 4.90 Å². The molecule has 2 N–H and O–H groups in total. The topological polar surface area (TPSA) is 85.9 Å². The summed E-state index contributed by atoms with van der Waals surface area (Å²) >= 11 is 0. The lowest BCUT2D eigenvalue weighted by atomic mass is 10.0. The first-order valence-corrected chi connectivity index (χ1v) is 8.97. The van der Waals surface area contributed by atoms with E-state index in [1.807, 2.05) is 6.92 Å². The van der Waals surface area contributed by atoms with Gasteiger partial charge in [-0.1, -0.05) is 0 Å². The van der Waals surface area contributed by atoms with E-state index < -0.39 is 10.0 Å². The van der Waals surface area contributed by atoms with Crippen LogP contribution in [0.1, 0.15) is 19.8 Å². The first kappa shape index (κ1) is 20.8. The molecule has 1 heterocycles. The predicted molar refractivity (Wildman–Crippen MR) is 94.2 cm³/mol. The maximum atomic E-state index is 12.9. The van der Waals surface area contributed by atoms with Gasteiger partial charge in [-0.2, -0.15) is 0 Å². The van der Waals surface area contributed by atoms with Gasteiger partial charge >= 0.3 is 0 Å². The smallest absolute Gasteiger partial charge is 0.248 e. The molecule has 0 amide bonds. The maximum Gasteiger partial charge on any atom is 0.248 e. The molecule has 1 aromatic carbocycles. The molecule has 0 aromatic heterocycles. The van der Waals surface area contributed by atoms with Gasteiger partial charge in [0.2, 0.25) is 10.0 Å². The zero-order valence-corrected chi connectivity index (χ0v) is 15.9. The number of halogens is 1. The summed E-state index contributed by atoms with van der Waals surface area (Å²) in [6.07, 6.45) is 1.71. The van der Waals surface area contributed by atoms with Crippen molar-refractivity contribution in [3.63, 3.8) is 0 Å². The standard InChI is InChI=1S/C15H24N2O5S.ClH/c1-10-12(6-5-7-16-10)17-23(18,19)15-13(21-3)8-11(20-2)9-14(15)22-4;/h8-10,12,16-17H,5-7H2,1-4H3;1H. The Bertz CT molecular complexity index is 628. The van der Waals surface area contributed by atoms with Crippen molar-refractivity contribution < 1.29 is 22.6 Å². The highest BCUT2D eigenvalue weighted by atomic mass is 35.5. The lowest BCUT2D eigenvalue weighted by molar-refractivity contribution is 0.343. The van der Waals surface area contributed by atoms with Gasteiger partial charge in [0.05, 0.1) is 21.3 Å². The highest BCUT2D eigenvalue weighted by molar-refractivity contribution is 7.89. The molecule has 0 bridgehead atoms. The average molecular weight is 381 g/mol. The Kier molecular flexibility index (Phi) is 7.59. The fourth-order valence-corrected chi connectivity index (χ4v) is 4.35. The molecule has 0 spiro atoms. The number of sulfonamides is 1. The Hall–Kier alpha value is -1.22. The van der Waals surface area contributed by atoms with Crippen molar-refractivity contribution in [2.75, 3.05) is 27.9 Å². The van der Waals surface area contributed by atoms with Crippen molar-refractivity contribution in [3.05, 3.63) is 12.1 Å². The molecule has 2 atom stereocenters. The van der Waals surface area contributed by atoms with E-state index in [1.165, 1.54) is 33.5 Å². The Morgan fingerprint density at radius 3 is 2.17 bits per heavy atom. The second kappa shape index (κ2) is 8.75. The van der Waals surface area contributed by atoms with Crippen LogP contribution in [0.3, 0.4) is 0 Å². The molecule has 9 heteroatoms. The fourth-order valence-electron chi connectivity index (χ4n) is 2.70. The Morgan fingerprint density at radius 1 is 1.12 bits per heavy atom. The summed E-state index contributed by atoms with van der Waals surface area (Å²) in [7, 11) is 0.527. The van der Waals surface area contributed by atoms with Crippen molar-refractivity contribution in [2.45, 2.75) is 36.7 Å². The van der Waals surface area contributed by atoms with Crippen molar-refractivity contribution in [1.29, 1.82) is 0 Å². The monoisotopic (exact) mass is 380 g/mol. The van der Waals surface area contributed by atoms with E-state index in [0.29, 0.717) is 5.75 Å². The van der Waals surface area contributed by atoms with Gasteiger partial charge in [-0.05, 0) is 26.3 Å². The van der Waals surface area contributed by atoms with Crippen LogP contribution < -0.4 is 24.2 Å². The molecule has 1 aromatic rings.